The predicted molar refractivity (Wildman–Crippen MR) is 85.3 cm³/mol. The normalized spacial score (nSPS) is 18.5. The Labute approximate surface area is 134 Å². The van der Waals surface area contributed by atoms with Gasteiger partial charge in [0.25, 0.3) is 0 Å². The second-order valence-corrected chi connectivity index (χ2v) is 6.57. The van der Waals surface area contributed by atoms with Crippen LogP contribution in [0.25, 0.3) is 0 Å². The molecular formula is C15H19ClN2O2S. The third-order valence-corrected chi connectivity index (χ3v) is 5.08. The van der Waals surface area contributed by atoms with Crippen LogP contribution >= 0.6 is 23.4 Å². The summed E-state index contributed by atoms with van der Waals surface area (Å²) in [6, 6.07) is 7.13. The molecule has 114 valence electrons. The molecule has 2 amide bonds. The highest BCUT2D eigenvalue weighted by molar-refractivity contribution is 7.99. The molecule has 1 aliphatic rings. The van der Waals surface area contributed by atoms with E-state index < -0.39 is 11.9 Å². The van der Waals surface area contributed by atoms with Crippen molar-refractivity contribution in [2.45, 2.75) is 36.6 Å². The van der Waals surface area contributed by atoms with Crippen LogP contribution in [-0.2, 0) is 9.59 Å². The molecule has 1 aliphatic heterocycles. The van der Waals surface area contributed by atoms with Crippen molar-refractivity contribution in [1.82, 2.24) is 4.90 Å². The molecule has 0 saturated carbocycles. The summed E-state index contributed by atoms with van der Waals surface area (Å²) in [7, 11) is 0. The van der Waals surface area contributed by atoms with Crippen molar-refractivity contribution in [1.29, 1.82) is 0 Å². The van der Waals surface area contributed by atoms with Crippen molar-refractivity contribution < 1.29 is 9.59 Å². The first-order valence-corrected chi connectivity index (χ1v) is 8.42. The van der Waals surface area contributed by atoms with Gasteiger partial charge in [-0.3, -0.25) is 9.59 Å². The highest BCUT2D eigenvalue weighted by Crippen LogP contribution is 2.27. The molecule has 0 radical (unpaired) electrons. The molecule has 1 aromatic carbocycles. The van der Waals surface area contributed by atoms with E-state index in [-0.39, 0.29) is 5.91 Å². The molecule has 2 rings (SSSR count). The fourth-order valence-corrected chi connectivity index (χ4v) is 3.66. The predicted octanol–water partition coefficient (Wildman–Crippen LogP) is 2.69. The molecule has 21 heavy (non-hydrogen) atoms. The summed E-state index contributed by atoms with van der Waals surface area (Å²) in [5, 5.41) is 0.697. The number of nitrogens with zero attached hydrogens (tertiary/aromatic N) is 1. The van der Waals surface area contributed by atoms with E-state index in [9.17, 15) is 9.59 Å². The van der Waals surface area contributed by atoms with E-state index in [0.717, 1.165) is 17.7 Å². The fraction of sp³-hybridized carbons (Fsp3) is 0.467. The highest BCUT2D eigenvalue weighted by atomic mass is 35.5. The summed E-state index contributed by atoms with van der Waals surface area (Å²) in [5.74, 6) is 0.240. The van der Waals surface area contributed by atoms with Crippen LogP contribution in [0.2, 0.25) is 5.02 Å². The molecular weight excluding hydrogens is 308 g/mol. The molecule has 0 aliphatic carbocycles. The quantitative estimate of drug-likeness (QED) is 0.846. The summed E-state index contributed by atoms with van der Waals surface area (Å²) < 4.78 is 0. The molecule has 1 saturated heterocycles. The van der Waals surface area contributed by atoms with Crippen LogP contribution in [0.1, 0.15) is 25.7 Å². The summed E-state index contributed by atoms with van der Waals surface area (Å²) in [4.78, 5) is 26.3. The third kappa shape index (κ3) is 4.38. The number of hydrogen-bond donors (Lipinski definition) is 1. The number of amides is 2. The number of benzene rings is 1. The molecule has 1 unspecified atom stereocenters. The second kappa shape index (κ2) is 7.71. The van der Waals surface area contributed by atoms with Crippen molar-refractivity contribution in [3.8, 4) is 0 Å². The van der Waals surface area contributed by atoms with Gasteiger partial charge in [0, 0.05) is 23.6 Å². The maximum atomic E-state index is 12.3. The number of halogens is 1. The van der Waals surface area contributed by atoms with Gasteiger partial charge in [-0.25, -0.2) is 0 Å². The number of rotatable bonds is 5. The van der Waals surface area contributed by atoms with Crippen molar-refractivity contribution in [3.05, 3.63) is 29.3 Å². The molecule has 1 fully saturated rings. The fourth-order valence-electron chi connectivity index (χ4n) is 2.48. The Kier molecular flexibility index (Phi) is 5.94. The van der Waals surface area contributed by atoms with Crippen molar-refractivity contribution >= 4 is 35.2 Å². The van der Waals surface area contributed by atoms with E-state index in [1.807, 2.05) is 24.3 Å². The molecule has 1 aromatic rings. The molecule has 0 spiro atoms. The second-order valence-electron chi connectivity index (χ2n) is 5.03. The molecule has 1 atom stereocenters. The standard InChI is InChI=1S/C15H19ClN2O2S/c16-11-5-1-2-7-13(11)21-10-8-14(19)18-9-4-3-6-12(18)15(17)20/h1-2,5,7,12H,3-4,6,8-10H2,(H2,17,20). The van der Waals surface area contributed by atoms with Crippen LogP contribution in [0, 0.1) is 0 Å². The number of carbonyl (C=O) groups excluding carboxylic acids is 2. The average Bonchev–Trinajstić information content (AvgIpc) is 2.49. The van der Waals surface area contributed by atoms with Crippen LogP contribution < -0.4 is 5.73 Å². The molecule has 4 nitrogen and oxygen atoms in total. The Morgan fingerprint density at radius 1 is 1.33 bits per heavy atom. The number of hydrogen-bond acceptors (Lipinski definition) is 3. The Hall–Kier alpha value is -1.20. The lowest BCUT2D eigenvalue weighted by Gasteiger charge is -2.33. The number of primary amides is 1. The monoisotopic (exact) mass is 326 g/mol. The van der Waals surface area contributed by atoms with E-state index in [2.05, 4.69) is 0 Å². The number of nitrogens with two attached hydrogens (primary N) is 1. The van der Waals surface area contributed by atoms with Gasteiger partial charge < -0.3 is 10.6 Å². The minimum Gasteiger partial charge on any atom is -0.368 e. The number of likely N-dealkylation sites (tertiary alicyclic amines) is 1. The van der Waals surface area contributed by atoms with Crippen molar-refractivity contribution in [2.75, 3.05) is 12.3 Å². The van der Waals surface area contributed by atoms with Gasteiger partial charge in [-0.15, -0.1) is 11.8 Å². The van der Waals surface area contributed by atoms with E-state index in [1.165, 1.54) is 0 Å². The zero-order chi connectivity index (χ0) is 15.2. The molecule has 2 N–H and O–H groups in total. The summed E-state index contributed by atoms with van der Waals surface area (Å²) >= 11 is 7.63. The number of carbonyl (C=O) groups is 2. The van der Waals surface area contributed by atoms with Gasteiger partial charge in [-0.1, -0.05) is 23.7 Å². The molecule has 0 bridgehead atoms. The molecule has 0 aromatic heterocycles. The molecule has 6 heteroatoms. The van der Waals surface area contributed by atoms with Crippen LogP contribution in [-0.4, -0.2) is 35.1 Å². The van der Waals surface area contributed by atoms with Crippen LogP contribution in [0.3, 0.4) is 0 Å². The van der Waals surface area contributed by atoms with E-state index in [4.69, 9.17) is 17.3 Å². The minimum atomic E-state index is -0.434. The first-order chi connectivity index (χ1) is 10.1. The lowest BCUT2D eigenvalue weighted by atomic mass is 10.0. The van der Waals surface area contributed by atoms with E-state index in [0.29, 0.717) is 30.2 Å². The largest absolute Gasteiger partial charge is 0.368 e. The Balaban J connectivity index is 1.86. The first-order valence-electron chi connectivity index (χ1n) is 7.05. The minimum absolute atomic E-state index is 0.00180. The topological polar surface area (TPSA) is 63.4 Å². The lowest BCUT2D eigenvalue weighted by molar-refractivity contribution is -0.140. The highest BCUT2D eigenvalue weighted by Gasteiger charge is 2.30. The molecule has 1 heterocycles. The SMILES string of the molecule is NC(=O)C1CCCCN1C(=O)CCSc1ccccc1Cl. The van der Waals surface area contributed by atoms with Crippen LogP contribution in [0.5, 0.6) is 0 Å². The zero-order valence-corrected chi connectivity index (χ0v) is 13.3. The zero-order valence-electron chi connectivity index (χ0n) is 11.8. The third-order valence-electron chi connectivity index (χ3n) is 3.56. The summed E-state index contributed by atoms with van der Waals surface area (Å²) in [5.41, 5.74) is 5.38. The summed E-state index contributed by atoms with van der Waals surface area (Å²) in [6.07, 6.45) is 2.96. The average molecular weight is 327 g/mol. The van der Waals surface area contributed by atoms with Crippen molar-refractivity contribution in [2.24, 2.45) is 5.73 Å². The maximum absolute atomic E-state index is 12.3. The first kappa shape index (κ1) is 16.2. The maximum Gasteiger partial charge on any atom is 0.240 e. The van der Waals surface area contributed by atoms with Gasteiger partial charge in [-0.2, -0.15) is 0 Å². The van der Waals surface area contributed by atoms with Gasteiger partial charge in [0.15, 0.2) is 0 Å². The van der Waals surface area contributed by atoms with Gasteiger partial charge >= 0.3 is 0 Å². The van der Waals surface area contributed by atoms with Crippen LogP contribution in [0.15, 0.2) is 29.2 Å². The smallest absolute Gasteiger partial charge is 0.240 e. The Morgan fingerprint density at radius 2 is 2.10 bits per heavy atom. The van der Waals surface area contributed by atoms with E-state index >= 15 is 0 Å². The van der Waals surface area contributed by atoms with E-state index in [1.54, 1.807) is 16.7 Å². The Bertz CT molecular complexity index is 524. The summed E-state index contributed by atoms with van der Waals surface area (Å²) in [6.45, 7) is 0.628. The van der Waals surface area contributed by atoms with Gasteiger partial charge in [0.2, 0.25) is 11.8 Å². The van der Waals surface area contributed by atoms with Crippen LogP contribution in [0.4, 0.5) is 0 Å². The Morgan fingerprint density at radius 3 is 2.81 bits per heavy atom. The van der Waals surface area contributed by atoms with Gasteiger partial charge in [-0.05, 0) is 31.4 Å². The number of thioether (sulfide) groups is 1. The van der Waals surface area contributed by atoms with Crippen molar-refractivity contribution in [3.63, 3.8) is 0 Å². The lowest BCUT2D eigenvalue weighted by Crippen LogP contribution is -2.50. The number of piperidine rings is 1. The van der Waals surface area contributed by atoms with Gasteiger partial charge in [0.1, 0.15) is 6.04 Å². The van der Waals surface area contributed by atoms with Gasteiger partial charge in [0.05, 0.1) is 5.02 Å².